The van der Waals surface area contributed by atoms with Crippen molar-refractivity contribution in [3.63, 3.8) is 0 Å². The smallest absolute Gasteiger partial charge is 0.180 e. The van der Waals surface area contributed by atoms with E-state index in [9.17, 15) is 0 Å². The molecule has 8 rings (SSSR count). The first-order valence-electron chi connectivity index (χ1n) is 18.9. The highest BCUT2D eigenvalue weighted by Crippen LogP contribution is 2.52. The lowest BCUT2D eigenvalue weighted by molar-refractivity contribution is 1.10. The number of thiol groups is 2. The van der Waals surface area contributed by atoms with Crippen LogP contribution < -0.4 is 5.84 Å². The predicted molar refractivity (Wildman–Crippen MR) is 239 cm³/mol. The number of hydrogen-bond donors (Lipinski definition) is 3. The molecule has 0 unspecified atom stereocenters. The summed E-state index contributed by atoms with van der Waals surface area (Å²) < 4.78 is 0. The second-order valence-electron chi connectivity index (χ2n) is 14.8. The lowest BCUT2D eigenvalue weighted by atomic mass is 9.84. The van der Waals surface area contributed by atoms with E-state index in [0.717, 1.165) is 61.7 Å². The third-order valence-electron chi connectivity index (χ3n) is 11.7. The minimum absolute atomic E-state index is 0.470. The standard InChI is InChI=1S/C50H45N3S2/c1-28-16-10-13-21-37(28)40-26-36(25-24-29(40)2)43-32(5)45-41(48(54)33(43)6)27-42-44(45)30(3)31(4)46(49(42)55)50(53-51)52-47(35-19-11-12-20-35)39-23-15-14-22-38(39)34-17-8-7-9-18-34/h7-19,21-26,54-55H,20,27,51H2,1-6H3/b52-47?,53-50-. The van der Waals surface area contributed by atoms with Crippen LogP contribution >= 0.6 is 25.3 Å². The Labute approximate surface area is 336 Å². The summed E-state index contributed by atoms with van der Waals surface area (Å²) in [5, 5.41) is 4.40. The number of aliphatic imine (C=N–C) groups is 1. The number of allylic oxidation sites excluding steroid dienone is 4. The third-order valence-corrected chi connectivity index (χ3v) is 12.8. The molecule has 2 N–H and O–H groups in total. The van der Waals surface area contributed by atoms with Gasteiger partial charge in [-0.05, 0) is 149 Å². The van der Waals surface area contributed by atoms with E-state index in [2.05, 4.69) is 156 Å². The first-order chi connectivity index (χ1) is 26.6. The summed E-state index contributed by atoms with van der Waals surface area (Å²) in [5.41, 5.74) is 23.2. The summed E-state index contributed by atoms with van der Waals surface area (Å²) in [7, 11) is 0. The van der Waals surface area contributed by atoms with Crippen molar-refractivity contribution in [2.75, 3.05) is 0 Å². The monoisotopic (exact) mass is 751 g/mol. The molecule has 0 saturated carbocycles. The Balaban J connectivity index is 1.29. The van der Waals surface area contributed by atoms with Crippen molar-refractivity contribution in [3.05, 3.63) is 176 Å². The summed E-state index contributed by atoms with van der Waals surface area (Å²) >= 11 is 10.6. The Morgan fingerprint density at radius 3 is 1.96 bits per heavy atom. The largest absolute Gasteiger partial charge is 0.321 e. The van der Waals surface area contributed by atoms with E-state index < -0.39 is 0 Å². The topological polar surface area (TPSA) is 50.7 Å². The van der Waals surface area contributed by atoms with Crippen molar-refractivity contribution in [1.82, 2.24) is 0 Å². The van der Waals surface area contributed by atoms with Crippen LogP contribution in [0.3, 0.4) is 0 Å². The molecule has 0 fully saturated rings. The van der Waals surface area contributed by atoms with Gasteiger partial charge in [-0.2, -0.15) is 5.10 Å². The number of rotatable bonds is 6. The van der Waals surface area contributed by atoms with Crippen molar-refractivity contribution in [1.29, 1.82) is 0 Å². The van der Waals surface area contributed by atoms with Crippen LogP contribution in [0, 0.1) is 41.5 Å². The summed E-state index contributed by atoms with van der Waals surface area (Å²) in [6.45, 7) is 13.2. The van der Waals surface area contributed by atoms with Crippen LogP contribution in [0.25, 0.3) is 44.5 Å². The highest BCUT2D eigenvalue weighted by Gasteiger charge is 2.33. The van der Waals surface area contributed by atoms with Crippen molar-refractivity contribution in [3.8, 4) is 44.5 Å². The lowest BCUT2D eigenvalue weighted by Crippen LogP contribution is -2.14. The number of amidine groups is 1. The van der Waals surface area contributed by atoms with Gasteiger partial charge < -0.3 is 5.84 Å². The maximum absolute atomic E-state index is 6.32. The Morgan fingerprint density at radius 1 is 0.600 bits per heavy atom. The molecular weight excluding hydrogens is 707 g/mol. The highest BCUT2D eigenvalue weighted by atomic mass is 32.1. The van der Waals surface area contributed by atoms with Crippen LogP contribution in [0.1, 0.15) is 62.1 Å². The molecule has 0 spiro atoms. The predicted octanol–water partition coefficient (Wildman–Crippen LogP) is 12.7. The maximum atomic E-state index is 6.32. The van der Waals surface area contributed by atoms with Gasteiger partial charge in [-0.25, -0.2) is 4.99 Å². The van der Waals surface area contributed by atoms with Gasteiger partial charge in [0.05, 0.1) is 5.71 Å². The van der Waals surface area contributed by atoms with Gasteiger partial charge >= 0.3 is 0 Å². The normalized spacial score (nSPS) is 13.6. The molecule has 0 saturated heterocycles. The fraction of sp³-hybridized carbons (Fsp3) is 0.160. The van der Waals surface area contributed by atoms with Crippen LogP contribution in [0.15, 0.2) is 141 Å². The molecule has 2 aliphatic rings. The van der Waals surface area contributed by atoms with Gasteiger partial charge in [0.15, 0.2) is 5.84 Å². The van der Waals surface area contributed by atoms with E-state index in [-0.39, 0.29) is 0 Å². The number of hydrazone groups is 1. The third kappa shape index (κ3) is 6.20. The van der Waals surface area contributed by atoms with Gasteiger partial charge in [-0.1, -0.05) is 109 Å². The zero-order valence-corrected chi connectivity index (χ0v) is 34.0. The van der Waals surface area contributed by atoms with Crippen molar-refractivity contribution in [2.45, 2.75) is 64.2 Å². The average Bonchev–Trinajstić information content (AvgIpc) is 3.89. The van der Waals surface area contributed by atoms with E-state index in [1.165, 1.54) is 72.3 Å². The molecular formula is C50H45N3S2. The zero-order valence-electron chi connectivity index (χ0n) is 32.3. The van der Waals surface area contributed by atoms with Crippen LogP contribution in [0.5, 0.6) is 0 Å². The van der Waals surface area contributed by atoms with Gasteiger partial charge in [0.25, 0.3) is 0 Å². The van der Waals surface area contributed by atoms with E-state index in [4.69, 9.17) is 36.1 Å². The number of nitrogens with zero attached hydrogens (tertiary/aromatic N) is 2. The summed E-state index contributed by atoms with van der Waals surface area (Å²) in [6, 6.07) is 34.4. The van der Waals surface area contributed by atoms with Crippen LogP contribution in [-0.2, 0) is 6.42 Å². The Kier molecular flexibility index (Phi) is 9.79. The first kappa shape index (κ1) is 36.6. The zero-order chi connectivity index (χ0) is 38.5. The van der Waals surface area contributed by atoms with E-state index in [0.29, 0.717) is 5.84 Å². The average molecular weight is 752 g/mol. The van der Waals surface area contributed by atoms with E-state index >= 15 is 0 Å². The second kappa shape index (κ2) is 14.7. The van der Waals surface area contributed by atoms with Gasteiger partial charge in [0.1, 0.15) is 0 Å². The van der Waals surface area contributed by atoms with Gasteiger partial charge in [0, 0.05) is 27.3 Å². The molecule has 3 nitrogen and oxygen atoms in total. The molecule has 0 heterocycles. The quantitative estimate of drug-likeness (QED) is 0.0512. The van der Waals surface area contributed by atoms with E-state index in [1.54, 1.807) is 0 Å². The fourth-order valence-electron chi connectivity index (χ4n) is 8.73. The number of aryl methyl sites for hydroxylation is 2. The van der Waals surface area contributed by atoms with Crippen LogP contribution in [-0.4, -0.2) is 11.5 Å². The van der Waals surface area contributed by atoms with E-state index in [1.807, 2.05) is 6.07 Å². The summed E-state index contributed by atoms with van der Waals surface area (Å²) in [6.07, 6.45) is 7.90. The van der Waals surface area contributed by atoms with Crippen molar-refractivity contribution >= 4 is 36.8 Å². The SMILES string of the molecule is Cc1ccccc1-c1cc(-c2c(C)c(S)c3c(c2C)-c2c(C)c(C)c(/C(N=C(C4=CC=CC4)c4ccccc4-c4ccccc4)=N/N)c(S)c2C3)ccc1C. The van der Waals surface area contributed by atoms with Crippen molar-refractivity contribution in [2.24, 2.45) is 15.9 Å². The second-order valence-corrected chi connectivity index (χ2v) is 15.7. The molecule has 0 radical (unpaired) electrons. The molecule has 0 aromatic heterocycles. The molecule has 6 aromatic carbocycles. The van der Waals surface area contributed by atoms with Crippen LogP contribution in [0.2, 0.25) is 0 Å². The molecule has 2 aliphatic carbocycles. The first-order valence-corrected chi connectivity index (χ1v) is 19.7. The molecule has 0 atom stereocenters. The molecule has 6 aromatic rings. The summed E-state index contributed by atoms with van der Waals surface area (Å²) in [5.74, 6) is 6.79. The number of hydrogen-bond acceptors (Lipinski definition) is 4. The number of nitrogens with two attached hydrogens (primary N) is 1. The van der Waals surface area contributed by atoms with Crippen LogP contribution in [0.4, 0.5) is 0 Å². The summed E-state index contributed by atoms with van der Waals surface area (Å²) in [4.78, 5) is 7.25. The Morgan fingerprint density at radius 2 is 1.25 bits per heavy atom. The molecule has 5 heteroatoms. The van der Waals surface area contributed by atoms with Gasteiger partial charge in [0.2, 0.25) is 0 Å². The minimum atomic E-state index is 0.470. The molecule has 55 heavy (non-hydrogen) atoms. The Hall–Kier alpha value is -5.36. The number of fused-ring (bicyclic) bond motifs is 3. The molecule has 0 amide bonds. The number of benzene rings is 6. The minimum Gasteiger partial charge on any atom is -0.321 e. The molecule has 0 bridgehead atoms. The van der Waals surface area contributed by atoms with Gasteiger partial charge in [-0.3, -0.25) is 0 Å². The lowest BCUT2D eigenvalue weighted by Gasteiger charge is -2.22. The fourth-order valence-corrected chi connectivity index (χ4v) is 9.49. The Bertz CT molecular complexity index is 2680. The molecule has 272 valence electrons. The van der Waals surface area contributed by atoms with Crippen molar-refractivity contribution < 1.29 is 0 Å². The van der Waals surface area contributed by atoms with Gasteiger partial charge in [-0.15, -0.1) is 25.3 Å². The molecule has 0 aliphatic heterocycles. The maximum Gasteiger partial charge on any atom is 0.180 e. The highest BCUT2D eigenvalue weighted by molar-refractivity contribution is 7.80.